The Kier molecular flexibility index (Phi) is 4.51. The first-order chi connectivity index (χ1) is 9.58. The van der Waals surface area contributed by atoms with Crippen molar-refractivity contribution in [3.05, 3.63) is 65.0 Å². The fourth-order valence-electron chi connectivity index (χ4n) is 2.01. The minimum Gasteiger partial charge on any atom is -0.346 e. The Hall–Kier alpha value is -2.16. The van der Waals surface area contributed by atoms with E-state index in [0.717, 1.165) is 16.8 Å². The van der Waals surface area contributed by atoms with Gasteiger partial charge in [-0.1, -0.05) is 32.0 Å². The minimum absolute atomic E-state index is 0.0457. The Balaban J connectivity index is 2.11. The van der Waals surface area contributed by atoms with E-state index in [-0.39, 0.29) is 5.91 Å². The summed E-state index contributed by atoms with van der Waals surface area (Å²) in [6.45, 7) is 6.66. The maximum absolute atomic E-state index is 12.3. The van der Waals surface area contributed by atoms with E-state index in [1.54, 1.807) is 6.20 Å². The molecule has 0 bridgehead atoms. The molecular weight excluding hydrogens is 248 g/mol. The SMILES string of the molecule is Cc1ccc(C(C)C)cc1C(=O)NCc1ccccn1. The second kappa shape index (κ2) is 6.33. The Morgan fingerprint density at radius 1 is 1.25 bits per heavy atom. The fourth-order valence-corrected chi connectivity index (χ4v) is 2.01. The van der Waals surface area contributed by atoms with E-state index in [1.165, 1.54) is 5.56 Å². The van der Waals surface area contributed by atoms with E-state index in [1.807, 2.05) is 37.3 Å². The second-order valence-electron chi connectivity index (χ2n) is 5.23. The zero-order valence-electron chi connectivity index (χ0n) is 12.2. The van der Waals surface area contributed by atoms with E-state index in [9.17, 15) is 4.79 Å². The van der Waals surface area contributed by atoms with E-state index < -0.39 is 0 Å². The van der Waals surface area contributed by atoms with Crippen molar-refractivity contribution in [1.29, 1.82) is 0 Å². The van der Waals surface area contributed by atoms with Crippen LogP contribution in [-0.2, 0) is 6.54 Å². The molecule has 0 radical (unpaired) electrons. The van der Waals surface area contributed by atoms with Gasteiger partial charge in [0, 0.05) is 11.8 Å². The van der Waals surface area contributed by atoms with Gasteiger partial charge in [-0.3, -0.25) is 9.78 Å². The predicted molar refractivity (Wildman–Crippen MR) is 80.7 cm³/mol. The molecule has 0 saturated carbocycles. The second-order valence-corrected chi connectivity index (χ2v) is 5.23. The van der Waals surface area contributed by atoms with Crippen molar-refractivity contribution >= 4 is 5.91 Å². The van der Waals surface area contributed by atoms with Crippen LogP contribution in [0.5, 0.6) is 0 Å². The Bertz CT molecular complexity index is 591. The van der Waals surface area contributed by atoms with Crippen LogP contribution >= 0.6 is 0 Å². The van der Waals surface area contributed by atoms with Crippen molar-refractivity contribution in [2.45, 2.75) is 33.2 Å². The molecule has 1 aromatic carbocycles. The summed E-state index contributed by atoms with van der Waals surface area (Å²) in [4.78, 5) is 16.5. The first-order valence-electron chi connectivity index (χ1n) is 6.86. The van der Waals surface area contributed by atoms with Crippen LogP contribution in [0, 0.1) is 6.92 Å². The van der Waals surface area contributed by atoms with Crippen LogP contribution in [0.4, 0.5) is 0 Å². The predicted octanol–water partition coefficient (Wildman–Crippen LogP) is 3.44. The van der Waals surface area contributed by atoms with Crippen molar-refractivity contribution in [3.8, 4) is 0 Å². The van der Waals surface area contributed by atoms with Crippen molar-refractivity contribution in [3.63, 3.8) is 0 Å². The van der Waals surface area contributed by atoms with E-state index in [4.69, 9.17) is 0 Å². The summed E-state index contributed by atoms with van der Waals surface area (Å²) in [5, 5.41) is 2.92. The number of aromatic nitrogens is 1. The summed E-state index contributed by atoms with van der Waals surface area (Å²) in [6.07, 6.45) is 1.73. The first-order valence-corrected chi connectivity index (χ1v) is 6.86. The van der Waals surface area contributed by atoms with Crippen molar-refractivity contribution in [2.24, 2.45) is 0 Å². The average molecular weight is 268 g/mol. The molecule has 1 amide bonds. The van der Waals surface area contributed by atoms with Gasteiger partial charge in [-0.05, 0) is 42.2 Å². The standard InChI is InChI=1S/C17H20N2O/c1-12(2)14-8-7-13(3)16(10-14)17(20)19-11-15-6-4-5-9-18-15/h4-10,12H,11H2,1-3H3,(H,19,20). The van der Waals surface area contributed by atoms with Gasteiger partial charge in [0.15, 0.2) is 0 Å². The molecule has 3 nitrogen and oxygen atoms in total. The molecule has 1 heterocycles. The van der Waals surface area contributed by atoms with Crippen LogP contribution in [0.15, 0.2) is 42.6 Å². The molecule has 0 fully saturated rings. The number of amides is 1. The summed E-state index contributed by atoms with van der Waals surface area (Å²) in [5.74, 6) is 0.369. The maximum Gasteiger partial charge on any atom is 0.251 e. The molecule has 0 atom stereocenters. The van der Waals surface area contributed by atoms with Gasteiger partial charge in [0.1, 0.15) is 0 Å². The Labute approximate surface area is 120 Å². The number of nitrogens with one attached hydrogen (secondary N) is 1. The molecule has 3 heteroatoms. The summed E-state index contributed by atoms with van der Waals surface area (Å²) in [7, 11) is 0. The lowest BCUT2D eigenvalue weighted by molar-refractivity contribution is 0.0949. The summed E-state index contributed by atoms with van der Waals surface area (Å²) < 4.78 is 0. The van der Waals surface area contributed by atoms with Crippen molar-refractivity contribution < 1.29 is 4.79 Å². The van der Waals surface area contributed by atoms with Crippen LogP contribution in [0.25, 0.3) is 0 Å². The largest absolute Gasteiger partial charge is 0.346 e. The van der Waals surface area contributed by atoms with Gasteiger partial charge >= 0.3 is 0 Å². The molecule has 0 unspecified atom stereocenters. The molecule has 0 saturated heterocycles. The number of aryl methyl sites for hydroxylation is 1. The number of carbonyl (C=O) groups is 1. The Morgan fingerprint density at radius 3 is 2.70 bits per heavy atom. The first kappa shape index (κ1) is 14.3. The molecule has 0 aliphatic carbocycles. The van der Waals surface area contributed by atoms with Gasteiger partial charge in [-0.15, -0.1) is 0 Å². The van der Waals surface area contributed by atoms with Crippen LogP contribution in [-0.4, -0.2) is 10.9 Å². The maximum atomic E-state index is 12.3. The summed E-state index contributed by atoms with van der Waals surface area (Å²) >= 11 is 0. The van der Waals surface area contributed by atoms with Crippen molar-refractivity contribution in [1.82, 2.24) is 10.3 Å². The van der Waals surface area contributed by atoms with Gasteiger partial charge in [0.05, 0.1) is 12.2 Å². The van der Waals surface area contributed by atoms with Crippen molar-refractivity contribution in [2.75, 3.05) is 0 Å². The zero-order valence-corrected chi connectivity index (χ0v) is 12.2. The lowest BCUT2D eigenvalue weighted by atomic mass is 9.97. The molecule has 2 aromatic rings. The Morgan fingerprint density at radius 2 is 2.05 bits per heavy atom. The van der Waals surface area contributed by atoms with Gasteiger partial charge < -0.3 is 5.32 Å². The van der Waals surface area contributed by atoms with Crippen LogP contribution in [0.1, 0.15) is 46.9 Å². The highest BCUT2D eigenvalue weighted by Crippen LogP contribution is 2.18. The molecule has 0 aliphatic rings. The van der Waals surface area contributed by atoms with E-state index in [2.05, 4.69) is 30.2 Å². The number of hydrogen-bond donors (Lipinski definition) is 1. The number of pyridine rings is 1. The quantitative estimate of drug-likeness (QED) is 0.923. The lowest BCUT2D eigenvalue weighted by Gasteiger charge is -2.11. The molecule has 104 valence electrons. The smallest absolute Gasteiger partial charge is 0.251 e. The van der Waals surface area contributed by atoms with Gasteiger partial charge in [0.2, 0.25) is 0 Å². The van der Waals surface area contributed by atoms with Crippen LogP contribution in [0.3, 0.4) is 0 Å². The third-order valence-electron chi connectivity index (χ3n) is 3.33. The number of carbonyl (C=O) groups excluding carboxylic acids is 1. The van der Waals surface area contributed by atoms with Gasteiger partial charge in [-0.25, -0.2) is 0 Å². The van der Waals surface area contributed by atoms with E-state index in [0.29, 0.717) is 12.5 Å². The molecule has 2 rings (SSSR count). The number of rotatable bonds is 4. The molecule has 1 aromatic heterocycles. The molecule has 1 N–H and O–H groups in total. The topological polar surface area (TPSA) is 42.0 Å². The fraction of sp³-hybridized carbons (Fsp3) is 0.294. The number of benzene rings is 1. The van der Waals surface area contributed by atoms with Crippen LogP contribution < -0.4 is 5.32 Å². The average Bonchev–Trinajstić information content (AvgIpc) is 2.46. The van der Waals surface area contributed by atoms with Crippen LogP contribution in [0.2, 0.25) is 0 Å². The summed E-state index contributed by atoms with van der Waals surface area (Å²) in [5.41, 5.74) is 3.78. The zero-order chi connectivity index (χ0) is 14.5. The van der Waals surface area contributed by atoms with Gasteiger partial charge in [-0.2, -0.15) is 0 Å². The highest BCUT2D eigenvalue weighted by molar-refractivity contribution is 5.95. The van der Waals surface area contributed by atoms with E-state index >= 15 is 0 Å². The monoisotopic (exact) mass is 268 g/mol. The highest BCUT2D eigenvalue weighted by Gasteiger charge is 2.11. The lowest BCUT2D eigenvalue weighted by Crippen LogP contribution is -2.24. The highest BCUT2D eigenvalue weighted by atomic mass is 16.1. The minimum atomic E-state index is -0.0457. The number of hydrogen-bond acceptors (Lipinski definition) is 2. The molecule has 0 aliphatic heterocycles. The summed E-state index contributed by atoms with van der Waals surface area (Å²) in [6, 6.07) is 11.7. The number of nitrogens with zero attached hydrogens (tertiary/aromatic N) is 1. The third-order valence-corrected chi connectivity index (χ3v) is 3.33. The molecule has 0 spiro atoms. The third kappa shape index (κ3) is 3.44. The normalized spacial score (nSPS) is 10.6. The molecule has 20 heavy (non-hydrogen) atoms. The molecular formula is C17H20N2O. The van der Waals surface area contributed by atoms with Gasteiger partial charge in [0.25, 0.3) is 5.91 Å².